The minimum absolute atomic E-state index is 0.385. The van der Waals surface area contributed by atoms with Crippen LogP contribution in [0.2, 0.25) is 0 Å². The summed E-state index contributed by atoms with van der Waals surface area (Å²) in [6.45, 7) is 5.26. The number of para-hydroxylation sites is 4. The van der Waals surface area contributed by atoms with Crippen molar-refractivity contribution in [1.29, 1.82) is 0 Å². The van der Waals surface area contributed by atoms with E-state index in [1.54, 1.807) is 0 Å². The molecule has 8 aromatic rings. The fourth-order valence-electron chi connectivity index (χ4n) is 9.48. The summed E-state index contributed by atoms with van der Waals surface area (Å²) in [5.74, 6) is 1.53. The molecule has 308 valence electrons. The predicted octanol–water partition coefficient (Wildman–Crippen LogP) is 16.5. The SMILES string of the molecule is CCC(C)c1ccc(OCCCCCCC2(c3ccccc3)c3cc(N(c4ccccc4)c4ccccc4)ccc3-c3ccc(N(c4ccccc4)c4ccccc4)cc32)cc1. The van der Waals surface area contributed by atoms with Crippen molar-refractivity contribution in [3.8, 4) is 16.9 Å². The molecule has 0 heterocycles. The van der Waals surface area contributed by atoms with Crippen molar-refractivity contribution in [1.82, 2.24) is 0 Å². The van der Waals surface area contributed by atoms with Crippen LogP contribution >= 0.6 is 0 Å². The maximum Gasteiger partial charge on any atom is 0.119 e. The van der Waals surface area contributed by atoms with E-state index in [4.69, 9.17) is 4.74 Å². The molecule has 3 heteroatoms. The molecular formula is C59H56N2O. The molecular weight excluding hydrogens is 753 g/mol. The molecule has 1 aliphatic carbocycles. The van der Waals surface area contributed by atoms with Gasteiger partial charge < -0.3 is 14.5 Å². The molecule has 1 atom stereocenters. The lowest BCUT2D eigenvalue weighted by Gasteiger charge is -2.35. The van der Waals surface area contributed by atoms with Crippen molar-refractivity contribution in [2.75, 3.05) is 16.4 Å². The van der Waals surface area contributed by atoms with Gasteiger partial charge in [-0.05, 0) is 143 Å². The largest absolute Gasteiger partial charge is 0.494 e. The van der Waals surface area contributed by atoms with Crippen LogP contribution in [0.4, 0.5) is 34.1 Å². The lowest BCUT2D eigenvalue weighted by molar-refractivity contribution is 0.303. The van der Waals surface area contributed by atoms with Gasteiger partial charge in [0.15, 0.2) is 0 Å². The van der Waals surface area contributed by atoms with E-state index in [2.05, 4.69) is 236 Å². The summed E-state index contributed by atoms with van der Waals surface area (Å²) in [6.07, 6.45) is 6.46. The van der Waals surface area contributed by atoms with Gasteiger partial charge >= 0.3 is 0 Å². The number of unbranched alkanes of at least 4 members (excludes halogenated alkanes) is 3. The fraction of sp³-hybridized carbons (Fsp3) is 0.186. The van der Waals surface area contributed by atoms with Crippen LogP contribution in [-0.2, 0) is 5.41 Å². The van der Waals surface area contributed by atoms with Gasteiger partial charge in [-0.25, -0.2) is 0 Å². The van der Waals surface area contributed by atoms with Crippen LogP contribution in [-0.4, -0.2) is 6.61 Å². The van der Waals surface area contributed by atoms with Gasteiger partial charge in [0, 0.05) is 39.5 Å². The Morgan fingerprint density at radius 3 is 1.29 bits per heavy atom. The van der Waals surface area contributed by atoms with Gasteiger partial charge in [-0.2, -0.15) is 0 Å². The van der Waals surface area contributed by atoms with E-state index in [1.807, 2.05) is 0 Å². The highest BCUT2D eigenvalue weighted by atomic mass is 16.5. The maximum atomic E-state index is 6.24. The minimum atomic E-state index is -0.385. The van der Waals surface area contributed by atoms with Gasteiger partial charge in [-0.15, -0.1) is 0 Å². The van der Waals surface area contributed by atoms with Crippen molar-refractivity contribution in [2.45, 2.75) is 63.7 Å². The molecule has 62 heavy (non-hydrogen) atoms. The molecule has 0 spiro atoms. The molecule has 1 unspecified atom stereocenters. The van der Waals surface area contributed by atoms with Crippen LogP contribution < -0.4 is 14.5 Å². The third-order valence-electron chi connectivity index (χ3n) is 12.8. The first kappa shape index (κ1) is 40.6. The zero-order chi connectivity index (χ0) is 42.1. The summed E-state index contributed by atoms with van der Waals surface area (Å²) in [6, 6.07) is 77.5. The maximum absolute atomic E-state index is 6.24. The molecule has 0 aliphatic heterocycles. The summed E-state index contributed by atoms with van der Waals surface area (Å²) in [7, 11) is 0. The van der Waals surface area contributed by atoms with Crippen LogP contribution in [0.25, 0.3) is 11.1 Å². The summed E-state index contributed by atoms with van der Waals surface area (Å²) < 4.78 is 6.24. The second-order valence-corrected chi connectivity index (χ2v) is 16.6. The number of hydrogen-bond donors (Lipinski definition) is 0. The van der Waals surface area contributed by atoms with E-state index >= 15 is 0 Å². The van der Waals surface area contributed by atoms with Crippen LogP contribution in [0.15, 0.2) is 212 Å². The van der Waals surface area contributed by atoms with E-state index in [0.717, 1.165) is 85.0 Å². The molecule has 0 fully saturated rings. The Kier molecular flexibility index (Phi) is 12.3. The number of benzene rings is 8. The Hall–Kier alpha value is -6.84. The van der Waals surface area contributed by atoms with Crippen molar-refractivity contribution >= 4 is 34.1 Å². The molecule has 0 saturated carbocycles. The molecule has 3 nitrogen and oxygen atoms in total. The first-order chi connectivity index (χ1) is 30.6. The second-order valence-electron chi connectivity index (χ2n) is 16.6. The van der Waals surface area contributed by atoms with Gasteiger partial charge in [0.05, 0.1) is 6.61 Å². The molecule has 1 aliphatic rings. The lowest BCUT2D eigenvalue weighted by Crippen LogP contribution is -2.27. The van der Waals surface area contributed by atoms with Crippen LogP contribution in [0, 0.1) is 0 Å². The van der Waals surface area contributed by atoms with Gasteiger partial charge in [0.25, 0.3) is 0 Å². The highest BCUT2D eigenvalue weighted by Gasteiger charge is 2.45. The van der Waals surface area contributed by atoms with Gasteiger partial charge in [0.2, 0.25) is 0 Å². The summed E-state index contributed by atoms with van der Waals surface area (Å²) in [4.78, 5) is 4.80. The van der Waals surface area contributed by atoms with Crippen molar-refractivity contribution in [3.63, 3.8) is 0 Å². The summed E-state index contributed by atoms with van der Waals surface area (Å²) >= 11 is 0. The first-order valence-electron chi connectivity index (χ1n) is 22.5. The monoisotopic (exact) mass is 808 g/mol. The Morgan fingerprint density at radius 2 is 0.855 bits per heavy atom. The fourth-order valence-corrected chi connectivity index (χ4v) is 9.48. The van der Waals surface area contributed by atoms with E-state index in [9.17, 15) is 0 Å². The number of ether oxygens (including phenoxy) is 1. The zero-order valence-corrected chi connectivity index (χ0v) is 36.0. The van der Waals surface area contributed by atoms with E-state index in [-0.39, 0.29) is 5.41 Å². The highest BCUT2D eigenvalue weighted by Crippen LogP contribution is 2.57. The average molecular weight is 809 g/mol. The molecule has 9 rings (SSSR count). The Bertz CT molecular complexity index is 2430. The third kappa shape index (κ3) is 8.28. The number of fused-ring (bicyclic) bond motifs is 3. The van der Waals surface area contributed by atoms with E-state index in [0.29, 0.717) is 5.92 Å². The minimum Gasteiger partial charge on any atom is -0.494 e. The lowest BCUT2D eigenvalue weighted by atomic mass is 9.69. The van der Waals surface area contributed by atoms with Crippen molar-refractivity contribution in [2.24, 2.45) is 0 Å². The molecule has 0 radical (unpaired) electrons. The number of rotatable bonds is 17. The van der Waals surface area contributed by atoms with Crippen molar-refractivity contribution in [3.05, 3.63) is 235 Å². The average Bonchev–Trinajstić information content (AvgIpc) is 3.62. The summed E-state index contributed by atoms with van der Waals surface area (Å²) in [5, 5.41) is 0. The zero-order valence-electron chi connectivity index (χ0n) is 36.0. The molecule has 0 saturated heterocycles. The second kappa shape index (κ2) is 18.8. The summed E-state index contributed by atoms with van der Waals surface area (Å²) in [5.41, 5.74) is 14.5. The van der Waals surface area contributed by atoms with E-state index in [1.165, 1.54) is 33.4 Å². The number of nitrogens with zero attached hydrogens (tertiary/aromatic N) is 2. The quantitative estimate of drug-likeness (QED) is 0.0852. The standard InChI is InChI=1S/C59H56N2O/c1-3-45(2)46-33-37-54(38-34-46)62-42-22-5-4-21-41-59(47-23-11-6-12-24-47)57-43-52(60(48-25-13-7-14-26-48)49-27-15-8-16-28-49)35-39-55(57)56-40-36-53(44-58(56)59)61(50-29-17-9-18-30-50)51-31-19-10-20-32-51/h6-20,23-40,43-45H,3-5,21-22,41-42H2,1-2H3. The van der Waals surface area contributed by atoms with Crippen LogP contribution in [0.3, 0.4) is 0 Å². The highest BCUT2D eigenvalue weighted by molar-refractivity contribution is 5.90. The van der Waals surface area contributed by atoms with E-state index < -0.39 is 0 Å². The Labute approximate surface area is 368 Å². The number of hydrogen-bond acceptors (Lipinski definition) is 3. The van der Waals surface area contributed by atoms with Gasteiger partial charge in [-0.1, -0.05) is 161 Å². The van der Waals surface area contributed by atoms with Crippen LogP contribution in [0.1, 0.15) is 80.5 Å². The molecule has 0 bridgehead atoms. The topological polar surface area (TPSA) is 15.7 Å². The third-order valence-corrected chi connectivity index (χ3v) is 12.8. The molecule has 0 aromatic heterocycles. The Morgan fingerprint density at radius 1 is 0.435 bits per heavy atom. The Balaban J connectivity index is 1.11. The molecule has 0 N–H and O–H groups in total. The predicted molar refractivity (Wildman–Crippen MR) is 261 cm³/mol. The normalized spacial score (nSPS) is 12.9. The molecule has 0 amide bonds. The molecule has 8 aromatic carbocycles. The van der Waals surface area contributed by atoms with Gasteiger partial charge in [0.1, 0.15) is 5.75 Å². The smallest absolute Gasteiger partial charge is 0.119 e. The van der Waals surface area contributed by atoms with Crippen molar-refractivity contribution < 1.29 is 4.74 Å². The first-order valence-corrected chi connectivity index (χ1v) is 22.5. The number of anilines is 6. The van der Waals surface area contributed by atoms with Crippen LogP contribution in [0.5, 0.6) is 5.75 Å². The van der Waals surface area contributed by atoms with Gasteiger partial charge in [-0.3, -0.25) is 0 Å².